The summed E-state index contributed by atoms with van der Waals surface area (Å²) in [6.45, 7) is 1.48. The molecule has 0 spiro atoms. The second-order valence-electron chi connectivity index (χ2n) is 9.57. The summed E-state index contributed by atoms with van der Waals surface area (Å²) in [5.74, 6) is -1.07. The highest BCUT2D eigenvalue weighted by Gasteiger charge is 2.25. The van der Waals surface area contributed by atoms with Crippen molar-refractivity contribution in [2.45, 2.75) is 44.2 Å². The summed E-state index contributed by atoms with van der Waals surface area (Å²) >= 11 is 2.64. The fourth-order valence-corrected chi connectivity index (χ4v) is 6.63. The van der Waals surface area contributed by atoms with Crippen molar-refractivity contribution < 1.29 is 19.2 Å². The molecule has 2 aromatic heterocycles. The number of nitrogens with one attached hydrogen (secondary N) is 4. The fourth-order valence-electron chi connectivity index (χ4n) is 4.57. The molecule has 0 bridgehead atoms. The minimum absolute atomic E-state index is 0.0978. The number of carbonyl (C=O) groups excluding carboxylic acids is 4. The van der Waals surface area contributed by atoms with Crippen LogP contribution in [0.25, 0.3) is 0 Å². The molecular formula is C29H29N7O4S2. The van der Waals surface area contributed by atoms with E-state index in [0.29, 0.717) is 28.5 Å². The Balaban J connectivity index is 1.36. The first-order valence-electron chi connectivity index (χ1n) is 13.4. The lowest BCUT2D eigenvalue weighted by molar-refractivity contribution is -0.119. The first-order valence-corrected chi connectivity index (χ1v) is 15.2. The van der Waals surface area contributed by atoms with Crippen LogP contribution in [0, 0.1) is 0 Å². The Morgan fingerprint density at radius 1 is 0.881 bits per heavy atom. The van der Waals surface area contributed by atoms with E-state index < -0.39 is 11.8 Å². The van der Waals surface area contributed by atoms with Gasteiger partial charge >= 0.3 is 0 Å². The number of amides is 4. The number of anilines is 1. The summed E-state index contributed by atoms with van der Waals surface area (Å²) in [7, 11) is 0. The molecule has 0 aliphatic heterocycles. The molecule has 4 amide bonds. The third kappa shape index (κ3) is 7.04. The maximum atomic E-state index is 13.1. The maximum absolute atomic E-state index is 13.1. The molecule has 0 saturated carbocycles. The second kappa shape index (κ2) is 13.4. The van der Waals surface area contributed by atoms with Crippen LogP contribution in [0.1, 0.15) is 62.3 Å². The Labute approximate surface area is 250 Å². The van der Waals surface area contributed by atoms with Crippen LogP contribution in [0.2, 0.25) is 0 Å². The number of thioether (sulfide) groups is 1. The minimum Gasteiger partial charge on any atom is -0.318 e. The Morgan fingerprint density at radius 3 is 2.24 bits per heavy atom. The second-order valence-corrected chi connectivity index (χ2v) is 11.6. The van der Waals surface area contributed by atoms with Gasteiger partial charge in [0, 0.05) is 29.3 Å². The molecular weight excluding hydrogens is 574 g/mol. The van der Waals surface area contributed by atoms with Gasteiger partial charge < -0.3 is 5.32 Å². The molecule has 5 rings (SSSR count). The van der Waals surface area contributed by atoms with Crippen molar-refractivity contribution in [2.75, 3.05) is 16.5 Å². The number of thiophene rings is 1. The number of hydrogen-bond donors (Lipinski definition) is 4. The number of benzene rings is 2. The van der Waals surface area contributed by atoms with Gasteiger partial charge in [0.25, 0.3) is 11.8 Å². The third-order valence-electron chi connectivity index (χ3n) is 6.54. The smallest absolute Gasteiger partial charge is 0.270 e. The van der Waals surface area contributed by atoms with Gasteiger partial charge in [0.15, 0.2) is 5.82 Å². The summed E-state index contributed by atoms with van der Waals surface area (Å²) in [5.41, 5.74) is 10.7. The van der Waals surface area contributed by atoms with Crippen LogP contribution in [-0.2, 0) is 28.9 Å². The molecule has 0 fully saturated rings. The zero-order valence-corrected chi connectivity index (χ0v) is 24.4. The predicted molar refractivity (Wildman–Crippen MR) is 161 cm³/mol. The maximum Gasteiger partial charge on any atom is 0.270 e. The van der Waals surface area contributed by atoms with Crippen molar-refractivity contribution >= 4 is 51.7 Å². The molecule has 4 N–H and O–H groups in total. The molecule has 1 aliphatic carbocycles. The standard InChI is InChI=1S/C29H29N7O4S2/c1-18(37)30-28-22(21-14-8-9-15-23(21)42-28)16-24-31-34-29(36(24)35-27(40)20-12-6-3-7-13-20)41-17-25(38)32-33-26(39)19-10-4-2-5-11-19/h2-7,10-13H,8-9,14-17H2,1H3,(H,30,37)(H,32,38)(H,33,39)(H,35,40). The molecule has 0 atom stereocenters. The van der Waals surface area contributed by atoms with Gasteiger partial charge in [-0.2, -0.15) is 0 Å². The first kappa shape index (κ1) is 29.0. The van der Waals surface area contributed by atoms with E-state index in [2.05, 4.69) is 31.8 Å². The van der Waals surface area contributed by atoms with Gasteiger partial charge in [-0.15, -0.1) is 21.5 Å². The van der Waals surface area contributed by atoms with Crippen LogP contribution in [-0.4, -0.2) is 44.3 Å². The van der Waals surface area contributed by atoms with Gasteiger partial charge in [-0.3, -0.25) is 35.5 Å². The van der Waals surface area contributed by atoms with E-state index in [1.807, 2.05) is 6.07 Å². The number of fused-ring (bicyclic) bond motifs is 1. The van der Waals surface area contributed by atoms with E-state index in [9.17, 15) is 19.2 Å². The fraction of sp³-hybridized carbons (Fsp3) is 0.241. The van der Waals surface area contributed by atoms with Crippen molar-refractivity contribution in [1.82, 2.24) is 25.7 Å². The van der Waals surface area contributed by atoms with E-state index in [0.717, 1.165) is 48.0 Å². The topological polar surface area (TPSA) is 147 Å². The van der Waals surface area contributed by atoms with E-state index in [1.165, 1.54) is 22.0 Å². The number of carbonyl (C=O) groups is 4. The quantitative estimate of drug-likeness (QED) is 0.168. The summed E-state index contributed by atoms with van der Waals surface area (Å²) in [5, 5.41) is 12.7. The lowest BCUT2D eigenvalue weighted by atomic mass is 9.94. The number of rotatable bonds is 9. The number of hydrogen-bond acceptors (Lipinski definition) is 8. The minimum atomic E-state index is -0.463. The van der Waals surface area contributed by atoms with Crippen molar-refractivity contribution in [3.63, 3.8) is 0 Å². The summed E-state index contributed by atoms with van der Waals surface area (Å²) in [4.78, 5) is 51.2. The Hall–Kier alpha value is -4.49. The molecule has 4 aromatic rings. The molecule has 2 aromatic carbocycles. The highest BCUT2D eigenvalue weighted by molar-refractivity contribution is 7.99. The number of aryl methyl sites for hydroxylation is 1. The van der Waals surface area contributed by atoms with Gasteiger partial charge in [0.05, 0.1) is 10.8 Å². The summed E-state index contributed by atoms with van der Waals surface area (Å²) < 4.78 is 1.49. The summed E-state index contributed by atoms with van der Waals surface area (Å²) in [6.07, 6.45) is 4.35. The third-order valence-corrected chi connectivity index (χ3v) is 8.72. The highest BCUT2D eigenvalue weighted by Crippen LogP contribution is 2.39. The Morgan fingerprint density at radius 2 is 1.55 bits per heavy atom. The van der Waals surface area contributed by atoms with Crippen LogP contribution < -0.4 is 21.6 Å². The van der Waals surface area contributed by atoms with Crippen molar-refractivity contribution in [3.8, 4) is 0 Å². The highest BCUT2D eigenvalue weighted by atomic mass is 32.2. The lowest BCUT2D eigenvalue weighted by Gasteiger charge is -2.15. The molecule has 0 radical (unpaired) electrons. The average molecular weight is 604 g/mol. The van der Waals surface area contributed by atoms with E-state index in [1.54, 1.807) is 65.9 Å². The SMILES string of the molecule is CC(=O)Nc1sc2c(c1Cc1nnc(SCC(=O)NNC(=O)c3ccccc3)n1NC(=O)c1ccccc1)CCCC2. The van der Waals surface area contributed by atoms with Crippen LogP contribution >= 0.6 is 23.1 Å². The largest absolute Gasteiger partial charge is 0.318 e. The number of hydrazine groups is 1. The predicted octanol–water partition coefficient (Wildman–Crippen LogP) is 3.70. The van der Waals surface area contributed by atoms with Gasteiger partial charge in [-0.1, -0.05) is 48.2 Å². The Bertz CT molecular complexity index is 1600. The number of nitrogens with zero attached hydrogens (tertiary/aromatic N) is 3. The van der Waals surface area contributed by atoms with Crippen molar-refractivity contribution in [1.29, 1.82) is 0 Å². The van der Waals surface area contributed by atoms with Gasteiger partial charge in [-0.05, 0) is 61.1 Å². The molecule has 1 aliphatic rings. The van der Waals surface area contributed by atoms with E-state index in [4.69, 9.17) is 0 Å². The monoisotopic (exact) mass is 603 g/mol. The van der Waals surface area contributed by atoms with Gasteiger partial charge in [-0.25, -0.2) is 4.68 Å². The lowest BCUT2D eigenvalue weighted by Crippen LogP contribution is -2.42. The van der Waals surface area contributed by atoms with Crippen molar-refractivity contribution in [3.05, 3.63) is 93.6 Å². The molecule has 13 heteroatoms. The Kier molecular flexibility index (Phi) is 9.29. The normalized spacial score (nSPS) is 12.2. The van der Waals surface area contributed by atoms with Gasteiger partial charge in [0.2, 0.25) is 17.0 Å². The molecule has 11 nitrogen and oxygen atoms in total. The van der Waals surface area contributed by atoms with Crippen LogP contribution in [0.4, 0.5) is 5.00 Å². The molecule has 0 unspecified atom stereocenters. The molecule has 2 heterocycles. The van der Waals surface area contributed by atoms with Crippen LogP contribution in [0.15, 0.2) is 65.8 Å². The zero-order valence-electron chi connectivity index (χ0n) is 22.8. The zero-order chi connectivity index (χ0) is 29.5. The summed E-state index contributed by atoms with van der Waals surface area (Å²) in [6, 6.07) is 17.3. The van der Waals surface area contributed by atoms with E-state index >= 15 is 0 Å². The van der Waals surface area contributed by atoms with E-state index in [-0.39, 0.29) is 17.6 Å². The molecule has 42 heavy (non-hydrogen) atoms. The molecule has 0 saturated heterocycles. The van der Waals surface area contributed by atoms with Crippen LogP contribution in [0.3, 0.4) is 0 Å². The first-order chi connectivity index (χ1) is 20.4. The molecule has 216 valence electrons. The van der Waals surface area contributed by atoms with Crippen LogP contribution in [0.5, 0.6) is 0 Å². The average Bonchev–Trinajstić information content (AvgIpc) is 3.55. The van der Waals surface area contributed by atoms with Crippen molar-refractivity contribution in [2.24, 2.45) is 0 Å². The van der Waals surface area contributed by atoms with Gasteiger partial charge in [0.1, 0.15) is 0 Å². The number of aromatic nitrogens is 3.